The van der Waals surface area contributed by atoms with E-state index >= 15 is 0 Å². The van der Waals surface area contributed by atoms with Crippen molar-refractivity contribution in [2.24, 2.45) is 0 Å². The van der Waals surface area contributed by atoms with Crippen molar-refractivity contribution in [2.75, 3.05) is 13.2 Å². The molecule has 0 unspecified atom stereocenters. The molecule has 0 heterocycles. The molecule has 1 fully saturated rings. The summed E-state index contributed by atoms with van der Waals surface area (Å²) in [5.74, 6) is -1.61. The van der Waals surface area contributed by atoms with Gasteiger partial charge in [-0.25, -0.2) is 14.0 Å². The summed E-state index contributed by atoms with van der Waals surface area (Å²) in [5.41, 5.74) is 0. The molecule has 0 bridgehead atoms. The van der Waals surface area contributed by atoms with E-state index in [1.165, 1.54) is 24.3 Å². The molecule has 0 radical (unpaired) electrons. The van der Waals surface area contributed by atoms with Crippen molar-refractivity contribution in [3.05, 3.63) is 30.1 Å². The number of carbonyl (C=O) groups is 3. The van der Waals surface area contributed by atoms with E-state index in [0.717, 1.165) is 32.1 Å². The molecular formula is C17H21FN2O5. The highest BCUT2D eigenvalue weighted by atomic mass is 19.1. The molecule has 3 amide bonds. The molecule has 136 valence electrons. The molecule has 1 aliphatic carbocycles. The quantitative estimate of drug-likeness (QED) is 0.763. The second-order valence-electron chi connectivity index (χ2n) is 5.76. The molecule has 8 heteroatoms. The monoisotopic (exact) mass is 352 g/mol. The number of ether oxygens (including phenoxy) is 2. The highest BCUT2D eigenvalue weighted by molar-refractivity contribution is 5.95. The van der Waals surface area contributed by atoms with Crippen molar-refractivity contribution in [3.63, 3.8) is 0 Å². The van der Waals surface area contributed by atoms with Crippen molar-refractivity contribution in [1.82, 2.24) is 10.6 Å². The van der Waals surface area contributed by atoms with Crippen LogP contribution in [0.5, 0.6) is 5.75 Å². The highest BCUT2D eigenvalue weighted by Gasteiger charge is 2.17. The number of carbonyl (C=O) groups excluding carboxylic acids is 3. The number of hydrogen-bond donors (Lipinski definition) is 2. The minimum atomic E-state index is -0.771. The van der Waals surface area contributed by atoms with Gasteiger partial charge in [0.2, 0.25) is 0 Å². The Balaban J connectivity index is 1.60. The summed E-state index contributed by atoms with van der Waals surface area (Å²) in [7, 11) is 0. The Labute approximate surface area is 144 Å². The molecule has 1 aromatic carbocycles. The van der Waals surface area contributed by atoms with Crippen molar-refractivity contribution in [3.8, 4) is 5.75 Å². The summed E-state index contributed by atoms with van der Waals surface area (Å²) in [4.78, 5) is 34.7. The second-order valence-corrected chi connectivity index (χ2v) is 5.76. The van der Waals surface area contributed by atoms with Gasteiger partial charge < -0.3 is 14.8 Å². The lowest BCUT2D eigenvalue weighted by atomic mass is 9.96. The number of benzene rings is 1. The number of esters is 1. The first-order valence-corrected chi connectivity index (χ1v) is 8.17. The number of urea groups is 1. The molecule has 1 aromatic rings. The molecular weight excluding hydrogens is 331 g/mol. The average molecular weight is 352 g/mol. The molecule has 7 nitrogen and oxygen atoms in total. The smallest absolute Gasteiger partial charge is 0.344 e. The van der Waals surface area contributed by atoms with Crippen LogP contribution in [0, 0.1) is 5.82 Å². The lowest BCUT2D eigenvalue weighted by Gasteiger charge is -2.22. The van der Waals surface area contributed by atoms with Gasteiger partial charge in [0.05, 0.1) is 0 Å². The van der Waals surface area contributed by atoms with Crippen LogP contribution in [0.2, 0.25) is 0 Å². The first-order valence-electron chi connectivity index (χ1n) is 8.17. The Bertz CT molecular complexity index is 600. The van der Waals surface area contributed by atoms with Gasteiger partial charge in [0.1, 0.15) is 11.6 Å². The first kappa shape index (κ1) is 18.7. The van der Waals surface area contributed by atoms with Crippen molar-refractivity contribution >= 4 is 17.9 Å². The number of nitrogens with one attached hydrogen (secondary N) is 2. The largest absolute Gasteiger partial charge is 0.482 e. The molecule has 2 N–H and O–H groups in total. The van der Waals surface area contributed by atoms with E-state index in [1.807, 2.05) is 0 Å². The minimum absolute atomic E-state index is 0.0770. The zero-order chi connectivity index (χ0) is 18.1. The minimum Gasteiger partial charge on any atom is -0.482 e. The number of imide groups is 1. The zero-order valence-electron chi connectivity index (χ0n) is 13.8. The van der Waals surface area contributed by atoms with Gasteiger partial charge in [0.25, 0.3) is 5.91 Å². The highest BCUT2D eigenvalue weighted by Crippen LogP contribution is 2.17. The van der Waals surface area contributed by atoms with Gasteiger partial charge in [-0.1, -0.05) is 19.3 Å². The van der Waals surface area contributed by atoms with E-state index in [-0.39, 0.29) is 6.04 Å². The lowest BCUT2D eigenvalue weighted by Crippen LogP contribution is -2.46. The van der Waals surface area contributed by atoms with Gasteiger partial charge in [-0.3, -0.25) is 10.1 Å². The van der Waals surface area contributed by atoms with E-state index in [1.54, 1.807) is 0 Å². The van der Waals surface area contributed by atoms with Crippen LogP contribution in [0.25, 0.3) is 0 Å². The van der Waals surface area contributed by atoms with Gasteiger partial charge in [0.15, 0.2) is 13.2 Å². The predicted molar refractivity (Wildman–Crippen MR) is 86.4 cm³/mol. The van der Waals surface area contributed by atoms with Crippen LogP contribution < -0.4 is 15.4 Å². The van der Waals surface area contributed by atoms with Gasteiger partial charge >= 0.3 is 12.0 Å². The van der Waals surface area contributed by atoms with Crippen LogP contribution >= 0.6 is 0 Å². The van der Waals surface area contributed by atoms with Crippen LogP contribution in [-0.4, -0.2) is 37.2 Å². The molecule has 0 aromatic heterocycles. The maximum Gasteiger partial charge on any atom is 0.344 e. The molecule has 0 saturated heterocycles. The van der Waals surface area contributed by atoms with Crippen LogP contribution in [0.4, 0.5) is 9.18 Å². The predicted octanol–water partition coefficient (Wildman–Crippen LogP) is 1.91. The Morgan fingerprint density at radius 2 is 1.72 bits per heavy atom. The van der Waals surface area contributed by atoms with Gasteiger partial charge in [-0.05, 0) is 37.1 Å². The van der Waals surface area contributed by atoms with Crippen LogP contribution in [0.3, 0.4) is 0 Å². The number of rotatable bonds is 6. The topological polar surface area (TPSA) is 93.7 Å². The molecule has 0 aliphatic heterocycles. The van der Waals surface area contributed by atoms with Crippen molar-refractivity contribution < 1.29 is 28.2 Å². The molecule has 1 saturated carbocycles. The van der Waals surface area contributed by atoms with Crippen LogP contribution in [0.1, 0.15) is 32.1 Å². The van der Waals surface area contributed by atoms with Gasteiger partial charge in [-0.2, -0.15) is 0 Å². The first-order chi connectivity index (χ1) is 12.0. The zero-order valence-corrected chi connectivity index (χ0v) is 13.8. The number of halogens is 1. The maximum atomic E-state index is 12.7. The average Bonchev–Trinajstić information content (AvgIpc) is 2.60. The second kappa shape index (κ2) is 9.61. The van der Waals surface area contributed by atoms with Crippen molar-refractivity contribution in [2.45, 2.75) is 38.1 Å². The van der Waals surface area contributed by atoms with Gasteiger partial charge in [-0.15, -0.1) is 0 Å². The third-order valence-corrected chi connectivity index (χ3v) is 3.73. The fourth-order valence-electron chi connectivity index (χ4n) is 2.49. The summed E-state index contributed by atoms with van der Waals surface area (Å²) in [5, 5.41) is 4.84. The number of amides is 3. The normalized spacial score (nSPS) is 14.4. The van der Waals surface area contributed by atoms with E-state index < -0.39 is 36.9 Å². The van der Waals surface area contributed by atoms with Crippen LogP contribution in [0.15, 0.2) is 24.3 Å². The SMILES string of the molecule is O=C(COC(=O)COc1ccc(F)cc1)NC(=O)NC1CCCCC1. The summed E-state index contributed by atoms with van der Waals surface area (Å²) >= 11 is 0. The van der Waals surface area contributed by atoms with E-state index in [9.17, 15) is 18.8 Å². The van der Waals surface area contributed by atoms with Gasteiger partial charge in [0, 0.05) is 6.04 Å². The Morgan fingerprint density at radius 1 is 1.04 bits per heavy atom. The van der Waals surface area contributed by atoms with E-state index in [0.29, 0.717) is 5.75 Å². The Kier molecular flexibility index (Phi) is 7.18. The third kappa shape index (κ3) is 7.19. The molecule has 1 aliphatic rings. The van der Waals surface area contributed by atoms with E-state index in [4.69, 9.17) is 9.47 Å². The Morgan fingerprint density at radius 3 is 2.40 bits per heavy atom. The van der Waals surface area contributed by atoms with E-state index in [2.05, 4.69) is 10.6 Å². The molecule has 0 spiro atoms. The Hall–Kier alpha value is -2.64. The summed E-state index contributed by atoms with van der Waals surface area (Å²) in [6.45, 7) is -1.00. The molecule has 25 heavy (non-hydrogen) atoms. The summed E-state index contributed by atoms with van der Waals surface area (Å²) in [6.07, 6.45) is 5.08. The maximum absolute atomic E-state index is 12.7. The summed E-state index contributed by atoms with van der Waals surface area (Å²) < 4.78 is 22.5. The lowest BCUT2D eigenvalue weighted by molar-refractivity contribution is -0.150. The van der Waals surface area contributed by atoms with Crippen LogP contribution in [-0.2, 0) is 14.3 Å². The summed E-state index contributed by atoms with van der Waals surface area (Å²) in [6, 6.07) is 4.61. The standard InChI is InChI=1S/C17H21FN2O5/c18-12-6-8-14(9-7-12)24-11-16(22)25-10-15(21)20-17(23)19-13-4-2-1-3-5-13/h6-9,13H,1-5,10-11H2,(H2,19,20,21,23). The fraction of sp³-hybridized carbons (Fsp3) is 0.471. The third-order valence-electron chi connectivity index (χ3n) is 3.73. The fourth-order valence-corrected chi connectivity index (χ4v) is 2.49. The number of hydrogen-bond acceptors (Lipinski definition) is 5. The molecule has 0 atom stereocenters. The molecule has 2 rings (SSSR count). The van der Waals surface area contributed by atoms with Crippen molar-refractivity contribution in [1.29, 1.82) is 0 Å².